The Kier molecular flexibility index (Phi) is 1.80. The minimum absolute atomic E-state index is 0.721. The van der Waals surface area contributed by atoms with E-state index >= 15 is 0 Å². The Morgan fingerprint density at radius 2 is 2.18 bits per heavy atom. The maximum atomic E-state index is 10.6. The van der Waals surface area contributed by atoms with Gasteiger partial charge in [-0.25, -0.2) is 4.79 Å². The lowest BCUT2D eigenvalue weighted by molar-refractivity contribution is -0.121. The lowest BCUT2D eigenvalue weighted by Gasteiger charge is -2.17. The van der Waals surface area contributed by atoms with Crippen molar-refractivity contribution in [3.63, 3.8) is 0 Å². The molecule has 11 heavy (non-hydrogen) atoms. The van der Waals surface area contributed by atoms with Gasteiger partial charge in [-0.3, -0.25) is 4.79 Å². The first-order valence-corrected chi connectivity index (χ1v) is 3.40. The van der Waals surface area contributed by atoms with E-state index in [-0.39, 0.29) is 0 Å². The summed E-state index contributed by atoms with van der Waals surface area (Å²) in [5.74, 6) is 0. The van der Waals surface area contributed by atoms with Crippen molar-refractivity contribution in [2.24, 2.45) is 0 Å². The van der Waals surface area contributed by atoms with Crippen molar-refractivity contribution in [1.29, 1.82) is 0 Å². The summed E-state index contributed by atoms with van der Waals surface area (Å²) < 4.78 is 9.15. The molecule has 1 atom stereocenters. The molecule has 62 valence electrons. The van der Waals surface area contributed by atoms with Gasteiger partial charge in [-0.2, -0.15) is 0 Å². The van der Waals surface area contributed by atoms with E-state index in [0.29, 0.717) is 0 Å². The Labute approximate surface area is 68.4 Å². The minimum atomic E-state index is -0.989. The van der Waals surface area contributed by atoms with Crippen LogP contribution in [0.15, 0.2) is 0 Å². The van der Waals surface area contributed by atoms with Gasteiger partial charge in [0.2, 0.25) is 6.10 Å². The number of hydrogen-bond acceptors (Lipinski definition) is 4. The van der Waals surface area contributed by atoms with Gasteiger partial charge in [-0.1, -0.05) is 0 Å². The third-order valence-corrected chi connectivity index (χ3v) is 1.60. The molecule has 1 heterocycles. The van der Waals surface area contributed by atoms with Gasteiger partial charge in [-0.15, -0.1) is 0 Å². The quantitative estimate of drug-likeness (QED) is 0.445. The molecule has 0 N–H and O–H groups in total. The third kappa shape index (κ3) is 1.45. The van der Waals surface area contributed by atoms with Crippen molar-refractivity contribution in [3.8, 4) is 0 Å². The number of carbonyl (C=O) groups is 2. The second kappa shape index (κ2) is 2.37. The molecule has 1 aliphatic rings. The van der Waals surface area contributed by atoms with Crippen molar-refractivity contribution in [3.05, 3.63) is 0 Å². The topological polar surface area (TPSA) is 52.6 Å². The van der Waals surface area contributed by atoms with E-state index in [4.69, 9.17) is 11.6 Å². The highest BCUT2D eigenvalue weighted by Gasteiger charge is 2.47. The Hall–Kier alpha value is -0.770. The minimum Gasteiger partial charge on any atom is -0.424 e. The normalized spacial score (nSPS) is 27.5. The highest BCUT2D eigenvalue weighted by atomic mass is 35.5. The SMILES string of the molecule is CC1(C)OC(=O)O[C@@H]1C(=O)Cl. The van der Waals surface area contributed by atoms with E-state index in [0.717, 1.165) is 0 Å². The van der Waals surface area contributed by atoms with Crippen LogP contribution in [0.4, 0.5) is 4.79 Å². The number of cyclic esters (lactones) is 2. The van der Waals surface area contributed by atoms with Crippen molar-refractivity contribution in [2.45, 2.75) is 25.6 Å². The van der Waals surface area contributed by atoms with E-state index in [9.17, 15) is 9.59 Å². The summed E-state index contributed by atoms with van der Waals surface area (Å²) in [6.07, 6.45) is -1.84. The molecule has 0 aliphatic carbocycles. The van der Waals surface area contributed by atoms with Gasteiger partial charge in [0.15, 0.2) is 5.60 Å². The van der Waals surface area contributed by atoms with Crippen LogP contribution < -0.4 is 0 Å². The molecule has 4 nitrogen and oxygen atoms in total. The van der Waals surface area contributed by atoms with Crippen LogP contribution in [-0.4, -0.2) is 23.1 Å². The molecule has 0 bridgehead atoms. The molecule has 1 rings (SSSR count). The summed E-state index contributed by atoms with van der Waals surface area (Å²) in [6, 6.07) is 0. The van der Waals surface area contributed by atoms with Gasteiger partial charge in [0.25, 0.3) is 5.24 Å². The Morgan fingerprint density at radius 1 is 1.64 bits per heavy atom. The smallest absolute Gasteiger partial charge is 0.424 e. The average molecular weight is 179 g/mol. The summed E-state index contributed by atoms with van der Waals surface area (Å²) >= 11 is 5.14. The Balaban J connectivity index is 2.82. The van der Waals surface area contributed by atoms with Crippen molar-refractivity contribution in [1.82, 2.24) is 0 Å². The highest BCUT2D eigenvalue weighted by Crippen LogP contribution is 2.27. The largest absolute Gasteiger partial charge is 0.509 e. The zero-order valence-electron chi connectivity index (χ0n) is 6.09. The summed E-state index contributed by atoms with van der Waals surface area (Å²) in [6.45, 7) is 3.12. The summed E-state index contributed by atoms with van der Waals surface area (Å²) in [7, 11) is 0. The standard InChI is InChI=1S/C6H7ClO4/c1-6(2)3(4(7)8)10-5(9)11-6/h3H,1-2H3/t3-/m1/s1. The molecule has 1 saturated heterocycles. The number of hydrogen-bond donors (Lipinski definition) is 0. The van der Waals surface area contributed by atoms with Crippen LogP contribution in [-0.2, 0) is 14.3 Å². The lowest BCUT2D eigenvalue weighted by Crippen LogP contribution is -2.37. The summed E-state index contributed by atoms with van der Waals surface area (Å²) in [4.78, 5) is 21.1. The predicted octanol–water partition coefficient (Wildman–Crippen LogP) is 1.07. The van der Waals surface area contributed by atoms with Gasteiger partial charge in [0.05, 0.1) is 0 Å². The van der Waals surface area contributed by atoms with Crippen LogP contribution in [0.2, 0.25) is 0 Å². The first kappa shape index (κ1) is 8.33. The molecule has 0 aromatic heterocycles. The van der Waals surface area contributed by atoms with Gasteiger partial charge < -0.3 is 9.47 Å². The predicted molar refractivity (Wildman–Crippen MR) is 36.3 cm³/mol. The third-order valence-electron chi connectivity index (χ3n) is 1.40. The van der Waals surface area contributed by atoms with Crippen LogP contribution in [0.25, 0.3) is 0 Å². The maximum Gasteiger partial charge on any atom is 0.509 e. The maximum absolute atomic E-state index is 10.6. The zero-order valence-corrected chi connectivity index (χ0v) is 6.84. The van der Waals surface area contributed by atoms with Crippen LogP contribution >= 0.6 is 11.6 Å². The fourth-order valence-electron chi connectivity index (χ4n) is 0.850. The molecule has 0 amide bonds. The Bertz CT molecular complexity index is 211. The van der Waals surface area contributed by atoms with E-state index < -0.39 is 23.1 Å². The van der Waals surface area contributed by atoms with Gasteiger partial charge in [0, 0.05) is 0 Å². The molecule has 0 saturated carbocycles. The second-order valence-corrected chi connectivity index (χ2v) is 3.13. The van der Waals surface area contributed by atoms with E-state index in [2.05, 4.69) is 9.47 Å². The number of halogens is 1. The lowest BCUT2D eigenvalue weighted by atomic mass is 10.0. The molecule has 0 aromatic carbocycles. The summed E-state index contributed by atoms with van der Waals surface area (Å²) in [5.41, 5.74) is -0.948. The van der Waals surface area contributed by atoms with Gasteiger partial charge in [-0.05, 0) is 25.4 Å². The zero-order chi connectivity index (χ0) is 8.65. The fourth-order valence-corrected chi connectivity index (χ4v) is 1.16. The van der Waals surface area contributed by atoms with Crippen LogP contribution in [0.1, 0.15) is 13.8 Å². The molecular formula is C6H7ClO4. The highest BCUT2D eigenvalue weighted by molar-refractivity contribution is 6.64. The molecular weight excluding hydrogens is 172 g/mol. The molecule has 1 fully saturated rings. The van der Waals surface area contributed by atoms with Gasteiger partial charge >= 0.3 is 6.16 Å². The molecule has 0 radical (unpaired) electrons. The van der Waals surface area contributed by atoms with Gasteiger partial charge in [0.1, 0.15) is 0 Å². The first-order valence-electron chi connectivity index (χ1n) is 3.02. The second-order valence-electron chi connectivity index (χ2n) is 2.76. The van der Waals surface area contributed by atoms with E-state index in [1.165, 1.54) is 0 Å². The monoisotopic (exact) mass is 178 g/mol. The number of rotatable bonds is 1. The van der Waals surface area contributed by atoms with Crippen molar-refractivity contribution in [2.75, 3.05) is 0 Å². The van der Waals surface area contributed by atoms with E-state index in [1.54, 1.807) is 13.8 Å². The fraction of sp³-hybridized carbons (Fsp3) is 0.667. The molecule has 0 aromatic rings. The van der Waals surface area contributed by atoms with Crippen molar-refractivity contribution < 1.29 is 19.1 Å². The first-order chi connectivity index (χ1) is 4.93. The number of ether oxygens (including phenoxy) is 2. The van der Waals surface area contributed by atoms with Crippen LogP contribution in [0.5, 0.6) is 0 Å². The average Bonchev–Trinajstić information content (AvgIpc) is 2.04. The molecule has 1 aliphatic heterocycles. The van der Waals surface area contributed by atoms with Crippen LogP contribution in [0, 0.1) is 0 Å². The van der Waals surface area contributed by atoms with Crippen LogP contribution in [0.3, 0.4) is 0 Å². The molecule has 0 unspecified atom stereocenters. The Morgan fingerprint density at radius 3 is 2.36 bits per heavy atom. The molecule has 0 spiro atoms. The van der Waals surface area contributed by atoms with Crippen molar-refractivity contribution >= 4 is 23.0 Å². The molecule has 5 heteroatoms. The van der Waals surface area contributed by atoms with E-state index in [1.807, 2.05) is 0 Å². The summed E-state index contributed by atoms with van der Waals surface area (Å²) in [5, 5.41) is -0.721. The number of carbonyl (C=O) groups excluding carboxylic acids is 2.